The summed E-state index contributed by atoms with van der Waals surface area (Å²) in [4.78, 5) is 4.35. The molecule has 1 aliphatic rings. The first-order valence-corrected chi connectivity index (χ1v) is 6.80. The third-order valence-corrected chi connectivity index (χ3v) is 3.79. The van der Waals surface area contributed by atoms with Gasteiger partial charge in [0.25, 0.3) is 0 Å². The molecule has 1 aliphatic carbocycles. The molecule has 0 amide bonds. The summed E-state index contributed by atoms with van der Waals surface area (Å²) in [7, 11) is 1.93. The van der Waals surface area contributed by atoms with Crippen LogP contribution in [0.2, 0.25) is 0 Å². The van der Waals surface area contributed by atoms with E-state index in [0.717, 1.165) is 18.7 Å². The fourth-order valence-corrected chi connectivity index (χ4v) is 2.49. The number of rotatable bonds is 5. The molecule has 0 saturated heterocycles. The average molecular weight is 277 g/mol. The first-order chi connectivity index (χ1) is 9.66. The molecule has 1 N–H and O–H groups in total. The lowest BCUT2D eigenvalue weighted by Crippen LogP contribution is -2.26. The zero-order chi connectivity index (χ0) is 14.1. The molecule has 3 rings (SSSR count). The van der Waals surface area contributed by atoms with E-state index in [4.69, 9.17) is 0 Å². The topological polar surface area (TPSA) is 29.9 Å². The fraction of sp³-hybridized carbons (Fsp3) is 0.400. The van der Waals surface area contributed by atoms with Crippen molar-refractivity contribution in [3.05, 3.63) is 53.6 Å². The normalized spacial score (nSPS) is 16.4. The van der Waals surface area contributed by atoms with Gasteiger partial charge in [-0.2, -0.15) is 0 Å². The molecule has 2 aromatic rings. The van der Waals surface area contributed by atoms with Gasteiger partial charge >= 0.3 is 0 Å². The van der Waals surface area contributed by atoms with E-state index in [0.29, 0.717) is 5.92 Å². The minimum absolute atomic E-state index is 0.0500. The third-order valence-electron chi connectivity index (χ3n) is 3.79. The molecule has 0 spiro atoms. The molecule has 0 aliphatic heterocycles. The average Bonchev–Trinajstić information content (AvgIpc) is 3.16. The summed E-state index contributed by atoms with van der Waals surface area (Å²) >= 11 is 0. The highest BCUT2D eigenvalue weighted by Crippen LogP contribution is 2.40. The molecule has 1 fully saturated rings. The van der Waals surface area contributed by atoms with Crippen LogP contribution in [0.4, 0.5) is 8.78 Å². The number of hydrogen-bond acceptors (Lipinski definition) is 2. The second-order valence-corrected chi connectivity index (χ2v) is 5.29. The van der Waals surface area contributed by atoms with Crippen LogP contribution in [0.25, 0.3) is 0 Å². The number of nitrogens with zero attached hydrogens (tertiary/aromatic N) is 2. The lowest BCUT2D eigenvalue weighted by atomic mass is 10.1. The summed E-state index contributed by atoms with van der Waals surface area (Å²) < 4.78 is 29.2. The standard InChI is InChI=1S/C15H17F2N3/c1-20-8-7-18-15(20)14(10-5-6-10)19-9-11-12(16)3-2-4-13(11)17/h2-4,7-8,10,14,19H,5-6,9H2,1H3. The summed E-state index contributed by atoms with van der Waals surface area (Å²) in [5, 5.41) is 3.26. The van der Waals surface area contributed by atoms with E-state index in [1.807, 2.05) is 17.8 Å². The summed E-state index contributed by atoms with van der Waals surface area (Å²) in [6, 6.07) is 4.00. The van der Waals surface area contributed by atoms with Gasteiger partial charge in [0.1, 0.15) is 17.5 Å². The maximum atomic E-state index is 13.6. The third kappa shape index (κ3) is 2.58. The van der Waals surface area contributed by atoms with Gasteiger partial charge in [0.2, 0.25) is 0 Å². The van der Waals surface area contributed by atoms with Gasteiger partial charge in [0.05, 0.1) is 6.04 Å². The van der Waals surface area contributed by atoms with Crippen molar-refractivity contribution in [3.8, 4) is 0 Å². The first-order valence-electron chi connectivity index (χ1n) is 6.80. The Morgan fingerprint density at radius 1 is 1.35 bits per heavy atom. The monoisotopic (exact) mass is 277 g/mol. The van der Waals surface area contributed by atoms with Gasteiger partial charge in [-0.3, -0.25) is 0 Å². The molecule has 0 radical (unpaired) electrons. The number of nitrogens with one attached hydrogen (secondary N) is 1. The quantitative estimate of drug-likeness (QED) is 0.910. The van der Waals surface area contributed by atoms with Crippen LogP contribution >= 0.6 is 0 Å². The zero-order valence-corrected chi connectivity index (χ0v) is 11.3. The fourth-order valence-electron chi connectivity index (χ4n) is 2.49. The molecule has 0 bridgehead atoms. The number of aryl methyl sites for hydroxylation is 1. The predicted molar refractivity (Wildman–Crippen MR) is 71.9 cm³/mol. The van der Waals surface area contributed by atoms with Crippen molar-refractivity contribution < 1.29 is 8.78 Å². The Labute approximate surface area is 116 Å². The Hall–Kier alpha value is -1.75. The minimum atomic E-state index is -0.508. The summed E-state index contributed by atoms with van der Waals surface area (Å²) in [5.74, 6) is 0.411. The molecular weight excluding hydrogens is 260 g/mol. The summed E-state index contributed by atoms with van der Waals surface area (Å²) in [6.45, 7) is 0.173. The number of aromatic nitrogens is 2. The van der Waals surface area contributed by atoms with Crippen LogP contribution in [-0.4, -0.2) is 9.55 Å². The summed E-state index contributed by atoms with van der Waals surface area (Å²) in [6.07, 6.45) is 5.89. The lowest BCUT2D eigenvalue weighted by Gasteiger charge is -2.18. The molecule has 3 nitrogen and oxygen atoms in total. The molecule has 1 saturated carbocycles. The Bertz CT molecular complexity index is 585. The maximum Gasteiger partial charge on any atom is 0.130 e. The van der Waals surface area contributed by atoms with Crippen molar-refractivity contribution in [2.75, 3.05) is 0 Å². The van der Waals surface area contributed by atoms with Crippen LogP contribution in [0.15, 0.2) is 30.6 Å². The number of halogens is 2. The van der Waals surface area contributed by atoms with Gasteiger partial charge in [-0.1, -0.05) is 6.07 Å². The maximum absolute atomic E-state index is 13.6. The van der Waals surface area contributed by atoms with Gasteiger partial charge < -0.3 is 9.88 Å². The van der Waals surface area contributed by atoms with Gasteiger partial charge in [-0.25, -0.2) is 13.8 Å². The van der Waals surface area contributed by atoms with Crippen LogP contribution in [0.5, 0.6) is 0 Å². The highest BCUT2D eigenvalue weighted by Gasteiger charge is 2.34. The van der Waals surface area contributed by atoms with Gasteiger partial charge in [0, 0.05) is 31.5 Å². The highest BCUT2D eigenvalue weighted by atomic mass is 19.1. The first kappa shape index (κ1) is 13.2. The zero-order valence-electron chi connectivity index (χ0n) is 11.3. The minimum Gasteiger partial charge on any atom is -0.337 e. The van der Waals surface area contributed by atoms with Crippen molar-refractivity contribution in [1.29, 1.82) is 0 Å². The molecule has 1 atom stereocenters. The van der Waals surface area contributed by atoms with Gasteiger partial charge in [0.15, 0.2) is 0 Å². The molecule has 20 heavy (non-hydrogen) atoms. The van der Waals surface area contributed by atoms with E-state index in [1.54, 1.807) is 6.20 Å². The largest absolute Gasteiger partial charge is 0.337 e. The second kappa shape index (κ2) is 5.32. The molecule has 106 valence electrons. The second-order valence-electron chi connectivity index (χ2n) is 5.29. The SMILES string of the molecule is Cn1ccnc1C(NCc1c(F)cccc1F)C1CC1. The van der Waals surface area contributed by atoms with E-state index < -0.39 is 11.6 Å². The molecule has 5 heteroatoms. The van der Waals surface area contributed by atoms with Crippen molar-refractivity contribution in [1.82, 2.24) is 14.9 Å². The van der Waals surface area contributed by atoms with Crippen molar-refractivity contribution in [2.24, 2.45) is 13.0 Å². The van der Waals surface area contributed by atoms with Crippen LogP contribution < -0.4 is 5.32 Å². The van der Waals surface area contributed by atoms with E-state index in [9.17, 15) is 8.78 Å². The molecular formula is C15H17F2N3. The molecule has 1 aromatic carbocycles. The number of hydrogen-bond donors (Lipinski definition) is 1. The van der Waals surface area contributed by atoms with Crippen molar-refractivity contribution in [2.45, 2.75) is 25.4 Å². The van der Waals surface area contributed by atoms with E-state index >= 15 is 0 Å². The Kier molecular flexibility index (Phi) is 3.53. The molecule has 1 heterocycles. The number of benzene rings is 1. The van der Waals surface area contributed by atoms with E-state index in [-0.39, 0.29) is 18.2 Å². The molecule has 1 unspecified atom stereocenters. The smallest absolute Gasteiger partial charge is 0.130 e. The lowest BCUT2D eigenvalue weighted by molar-refractivity contribution is 0.431. The van der Waals surface area contributed by atoms with E-state index in [1.165, 1.54) is 18.2 Å². The number of imidazole rings is 1. The van der Waals surface area contributed by atoms with E-state index in [2.05, 4.69) is 10.3 Å². The van der Waals surface area contributed by atoms with Crippen LogP contribution in [0, 0.1) is 17.6 Å². The Morgan fingerprint density at radius 3 is 2.60 bits per heavy atom. The predicted octanol–water partition coefficient (Wildman–Crippen LogP) is 2.94. The van der Waals surface area contributed by atoms with Crippen molar-refractivity contribution >= 4 is 0 Å². The Morgan fingerprint density at radius 2 is 2.05 bits per heavy atom. The van der Waals surface area contributed by atoms with Crippen LogP contribution in [0.1, 0.15) is 30.3 Å². The van der Waals surface area contributed by atoms with Crippen LogP contribution in [0.3, 0.4) is 0 Å². The molecule has 1 aromatic heterocycles. The summed E-state index contributed by atoms with van der Waals surface area (Å²) in [5.41, 5.74) is 0.0901. The van der Waals surface area contributed by atoms with Gasteiger partial charge in [-0.15, -0.1) is 0 Å². The van der Waals surface area contributed by atoms with Gasteiger partial charge in [-0.05, 0) is 30.9 Å². The highest BCUT2D eigenvalue weighted by molar-refractivity contribution is 5.20. The Balaban J connectivity index is 1.77. The van der Waals surface area contributed by atoms with Crippen molar-refractivity contribution in [3.63, 3.8) is 0 Å². The van der Waals surface area contributed by atoms with Crippen LogP contribution in [-0.2, 0) is 13.6 Å².